The highest BCUT2D eigenvalue weighted by molar-refractivity contribution is 7.23. The minimum absolute atomic E-state index is 0.0754. The number of benzene rings is 1. The molecule has 0 unspecified atom stereocenters. The highest BCUT2D eigenvalue weighted by Crippen LogP contribution is 2.46. The summed E-state index contributed by atoms with van der Waals surface area (Å²) in [6.45, 7) is 15.7. The first-order valence-corrected chi connectivity index (χ1v) is 16.0. The molecule has 1 N–H and O–H groups in total. The molecule has 10 nitrogen and oxygen atoms in total. The summed E-state index contributed by atoms with van der Waals surface area (Å²) in [4.78, 5) is 59.2. The van der Waals surface area contributed by atoms with Crippen molar-refractivity contribution in [2.75, 3.05) is 18.4 Å². The topological polar surface area (TPSA) is 118 Å². The van der Waals surface area contributed by atoms with Crippen molar-refractivity contribution in [3.63, 3.8) is 0 Å². The molecule has 43 heavy (non-hydrogen) atoms. The number of ether oxygens (including phenoxy) is 2. The van der Waals surface area contributed by atoms with Crippen LogP contribution in [0.5, 0.6) is 0 Å². The fourth-order valence-corrected chi connectivity index (χ4v) is 6.99. The van der Waals surface area contributed by atoms with E-state index in [1.165, 1.54) is 22.7 Å². The molecule has 4 rings (SSSR count). The number of rotatable bonds is 7. The lowest BCUT2D eigenvalue weighted by atomic mass is 10.0. The molecule has 0 radical (unpaired) electrons. The first kappa shape index (κ1) is 32.4. The lowest BCUT2D eigenvalue weighted by Crippen LogP contribution is -2.42. The maximum Gasteiger partial charge on any atom is 0.410 e. The second kappa shape index (κ2) is 12.6. The smallest absolute Gasteiger partial charge is 0.410 e. The van der Waals surface area contributed by atoms with Crippen LogP contribution in [0.1, 0.15) is 82.6 Å². The van der Waals surface area contributed by atoms with E-state index in [1.807, 2.05) is 61.5 Å². The highest BCUT2D eigenvalue weighted by Gasteiger charge is 2.32. The molecule has 2 aromatic heterocycles. The van der Waals surface area contributed by atoms with Crippen LogP contribution in [0, 0.1) is 0 Å². The quantitative estimate of drug-likeness (QED) is 0.277. The first-order valence-electron chi connectivity index (χ1n) is 14.3. The Morgan fingerprint density at radius 2 is 1.79 bits per heavy atom. The molecule has 0 saturated heterocycles. The average molecular weight is 629 g/mol. The summed E-state index contributed by atoms with van der Waals surface area (Å²) in [7, 11) is 0. The summed E-state index contributed by atoms with van der Waals surface area (Å²) in [5.41, 5.74) is 1.86. The van der Waals surface area contributed by atoms with Crippen LogP contribution in [0.15, 0.2) is 18.2 Å². The Bertz CT molecular complexity index is 1530. The molecule has 0 saturated carbocycles. The number of thiophene rings is 1. The predicted molar refractivity (Wildman–Crippen MR) is 170 cm³/mol. The molecule has 0 spiro atoms. The Kier molecular flexibility index (Phi) is 9.51. The van der Waals surface area contributed by atoms with Gasteiger partial charge in [-0.2, -0.15) is 0 Å². The Hall–Kier alpha value is -3.51. The van der Waals surface area contributed by atoms with Crippen LogP contribution in [0.4, 0.5) is 14.6 Å². The fraction of sp³-hybridized carbons (Fsp3) is 0.516. The van der Waals surface area contributed by atoms with Gasteiger partial charge in [0.25, 0.3) is 0 Å². The monoisotopic (exact) mass is 628 g/mol. The van der Waals surface area contributed by atoms with E-state index in [4.69, 9.17) is 14.5 Å². The van der Waals surface area contributed by atoms with Crippen molar-refractivity contribution >= 4 is 62.3 Å². The van der Waals surface area contributed by atoms with Crippen LogP contribution < -0.4 is 5.32 Å². The largest absolute Gasteiger partial charge is 0.444 e. The zero-order chi connectivity index (χ0) is 31.7. The number of carbonyl (C=O) groups excluding carboxylic acids is 4. The second-order valence-electron chi connectivity index (χ2n) is 12.8. The van der Waals surface area contributed by atoms with Crippen molar-refractivity contribution in [1.29, 1.82) is 0 Å². The number of amides is 3. The zero-order valence-electron chi connectivity index (χ0n) is 26.0. The standard InChI is InChI=1S/C31H40N4O6S2/c1-18(2)35(29(39)41-31(6,7)8)14-12-24(37)33-27-25(26-32-21-15-19(17-36)9-10-22(21)42-26)20-11-13-34(16-23(20)43-27)28(38)40-30(3,4)5/h9-10,15,17-18H,11-14,16H2,1-8H3,(H,33,37). The second-order valence-corrected chi connectivity index (χ2v) is 14.9. The van der Waals surface area contributed by atoms with Gasteiger partial charge in [0, 0.05) is 41.6 Å². The Balaban J connectivity index is 1.62. The van der Waals surface area contributed by atoms with Gasteiger partial charge in [0.15, 0.2) is 0 Å². The van der Waals surface area contributed by atoms with Gasteiger partial charge in [0.2, 0.25) is 5.91 Å². The number of nitrogens with one attached hydrogen (secondary N) is 1. The molecule has 12 heteroatoms. The summed E-state index contributed by atoms with van der Waals surface area (Å²) in [6, 6.07) is 5.23. The number of aldehydes is 1. The molecule has 0 atom stereocenters. The third kappa shape index (κ3) is 8.11. The van der Waals surface area contributed by atoms with Crippen molar-refractivity contribution < 1.29 is 28.7 Å². The molecule has 0 aliphatic carbocycles. The number of carbonyl (C=O) groups is 4. The van der Waals surface area contributed by atoms with Gasteiger partial charge >= 0.3 is 12.2 Å². The van der Waals surface area contributed by atoms with Gasteiger partial charge in [-0.05, 0) is 79.5 Å². The number of anilines is 1. The number of thiazole rings is 1. The van der Waals surface area contributed by atoms with Crippen molar-refractivity contribution in [3.8, 4) is 10.6 Å². The van der Waals surface area contributed by atoms with Crippen molar-refractivity contribution in [3.05, 3.63) is 34.2 Å². The van der Waals surface area contributed by atoms with E-state index >= 15 is 0 Å². The highest BCUT2D eigenvalue weighted by atomic mass is 32.1. The van der Waals surface area contributed by atoms with Crippen LogP contribution in [-0.4, -0.2) is 69.5 Å². The van der Waals surface area contributed by atoms with Crippen molar-refractivity contribution in [2.45, 2.75) is 92.0 Å². The molecule has 232 valence electrons. The van der Waals surface area contributed by atoms with E-state index in [1.54, 1.807) is 21.9 Å². The van der Waals surface area contributed by atoms with E-state index < -0.39 is 17.3 Å². The minimum Gasteiger partial charge on any atom is -0.444 e. The normalized spacial score (nSPS) is 13.6. The van der Waals surface area contributed by atoms with Crippen molar-refractivity contribution in [1.82, 2.24) is 14.8 Å². The maximum atomic E-state index is 13.3. The third-order valence-electron chi connectivity index (χ3n) is 6.55. The fourth-order valence-electron chi connectivity index (χ4n) is 4.62. The summed E-state index contributed by atoms with van der Waals surface area (Å²) in [6.07, 6.45) is 0.599. The van der Waals surface area contributed by atoms with E-state index in [0.29, 0.717) is 35.6 Å². The number of hydrogen-bond donors (Lipinski definition) is 1. The zero-order valence-corrected chi connectivity index (χ0v) is 27.7. The number of aromatic nitrogens is 1. The van der Waals surface area contributed by atoms with Gasteiger partial charge in [-0.25, -0.2) is 14.6 Å². The van der Waals surface area contributed by atoms with Gasteiger partial charge in [-0.15, -0.1) is 22.7 Å². The van der Waals surface area contributed by atoms with Crippen LogP contribution >= 0.6 is 22.7 Å². The Morgan fingerprint density at radius 1 is 1.09 bits per heavy atom. The molecule has 0 fully saturated rings. The van der Waals surface area contributed by atoms with Crippen LogP contribution in [0.25, 0.3) is 20.8 Å². The number of hydrogen-bond acceptors (Lipinski definition) is 9. The van der Waals surface area contributed by atoms with Gasteiger partial charge in [0.1, 0.15) is 27.5 Å². The predicted octanol–water partition coefficient (Wildman–Crippen LogP) is 7.10. The molecule has 1 aliphatic rings. The first-order chi connectivity index (χ1) is 20.0. The third-order valence-corrected chi connectivity index (χ3v) is 8.74. The van der Waals surface area contributed by atoms with Crippen LogP contribution in [-0.2, 0) is 27.2 Å². The van der Waals surface area contributed by atoms with E-state index in [2.05, 4.69) is 5.32 Å². The maximum absolute atomic E-state index is 13.3. The summed E-state index contributed by atoms with van der Waals surface area (Å²) >= 11 is 2.91. The average Bonchev–Trinajstić information content (AvgIpc) is 3.45. The van der Waals surface area contributed by atoms with Crippen LogP contribution in [0.3, 0.4) is 0 Å². The van der Waals surface area contributed by atoms with Gasteiger partial charge < -0.3 is 24.6 Å². The van der Waals surface area contributed by atoms with E-state index in [0.717, 1.165) is 32.0 Å². The van der Waals surface area contributed by atoms with E-state index in [-0.39, 0.29) is 31.0 Å². The molecule has 3 aromatic rings. The summed E-state index contributed by atoms with van der Waals surface area (Å²) in [5.74, 6) is -0.248. The van der Waals surface area contributed by atoms with Crippen molar-refractivity contribution in [2.24, 2.45) is 0 Å². The molecular formula is C31H40N4O6S2. The molecular weight excluding hydrogens is 588 g/mol. The van der Waals surface area contributed by atoms with Gasteiger partial charge in [0.05, 0.1) is 16.8 Å². The number of nitrogens with zero attached hydrogens (tertiary/aromatic N) is 3. The SMILES string of the molecule is CC(C)N(CCC(=O)Nc1sc2c(c1-c1nc3cc(C=O)ccc3s1)CCN(C(=O)OC(C)(C)C)C2)C(=O)OC(C)(C)C. The van der Waals surface area contributed by atoms with E-state index in [9.17, 15) is 19.2 Å². The Labute approximate surface area is 260 Å². The Morgan fingerprint density at radius 3 is 2.42 bits per heavy atom. The molecule has 1 aliphatic heterocycles. The van der Waals surface area contributed by atoms with Gasteiger partial charge in [-0.3, -0.25) is 9.59 Å². The van der Waals surface area contributed by atoms with Gasteiger partial charge in [-0.1, -0.05) is 6.07 Å². The summed E-state index contributed by atoms with van der Waals surface area (Å²) < 4.78 is 12.1. The summed E-state index contributed by atoms with van der Waals surface area (Å²) in [5, 5.41) is 4.45. The van der Waals surface area contributed by atoms with Crippen LogP contribution in [0.2, 0.25) is 0 Å². The molecule has 0 bridgehead atoms. The molecule has 3 heterocycles. The molecule has 3 amide bonds. The number of fused-ring (bicyclic) bond motifs is 2. The minimum atomic E-state index is -0.644. The molecule has 1 aromatic carbocycles. The lowest BCUT2D eigenvalue weighted by molar-refractivity contribution is -0.116. The lowest BCUT2D eigenvalue weighted by Gasteiger charge is -2.30.